The van der Waals surface area contributed by atoms with E-state index in [2.05, 4.69) is 44.5 Å². The molecule has 0 aliphatic carbocycles. The molecule has 2 N–H and O–H groups in total. The number of ether oxygens (including phenoxy) is 1. The topological polar surface area (TPSA) is 89.3 Å². The SMILES string of the molecule is CCCOc1ccc(CN=C(NCC)NC2CCc3ncnn3C2)cn1. The Morgan fingerprint density at radius 3 is 3.04 bits per heavy atom. The van der Waals surface area contributed by atoms with E-state index in [4.69, 9.17) is 4.74 Å². The highest BCUT2D eigenvalue weighted by molar-refractivity contribution is 5.80. The van der Waals surface area contributed by atoms with Crippen LogP contribution in [0.4, 0.5) is 0 Å². The molecule has 1 aliphatic rings. The molecule has 0 spiro atoms. The smallest absolute Gasteiger partial charge is 0.213 e. The fourth-order valence-corrected chi connectivity index (χ4v) is 2.84. The molecule has 0 amide bonds. The number of hydrogen-bond donors (Lipinski definition) is 2. The van der Waals surface area contributed by atoms with Crippen molar-refractivity contribution in [2.75, 3.05) is 13.2 Å². The van der Waals surface area contributed by atoms with E-state index in [-0.39, 0.29) is 0 Å². The van der Waals surface area contributed by atoms with Crippen molar-refractivity contribution in [1.29, 1.82) is 0 Å². The van der Waals surface area contributed by atoms with Gasteiger partial charge in [-0.05, 0) is 25.3 Å². The average Bonchev–Trinajstić information content (AvgIpc) is 3.13. The Morgan fingerprint density at radius 1 is 1.35 bits per heavy atom. The van der Waals surface area contributed by atoms with Crippen molar-refractivity contribution in [1.82, 2.24) is 30.4 Å². The summed E-state index contributed by atoms with van der Waals surface area (Å²) in [6.45, 7) is 7.02. The second-order valence-corrected chi connectivity index (χ2v) is 6.29. The van der Waals surface area contributed by atoms with E-state index in [9.17, 15) is 0 Å². The fourth-order valence-electron chi connectivity index (χ4n) is 2.84. The molecule has 3 rings (SSSR count). The maximum atomic E-state index is 5.51. The van der Waals surface area contributed by atoms with E-state index in [1.807, 2.05) is 23.0 Å². The van der Waals surface area contributed by atoms with Crippen LogP contribution in [-0.4, -0.2) is 44.9 Å². The summed E-state index contributed by atoms with van der Waals surface area (Å²) in [6.07, 6.45) is 6.37. The average molecular weight is 357 g/mol. The van der Waals surface area contributed by atoms with Crippen LogP contribution in [0.25, 0.3) is 0 Å². The van der Waals surface area contributed by atoms with Gasteiger partial charge in [0, 0.05) is 31.3 Å². The van der Waals surface area contributed by atoms with Gasteiger partial charge in [0.1, 0.15) is 12.2 Å². The highest BCUT2D eigenvalue weighted by Crippen LogP contribution is 2.12. The lowest BCUT2D eigenvalue weighted by molar-refractivity contribution is 0.305. The van der Waals surface area contributed by atoms with Gasteiger partial charge in [-0.25, -0.2) is 19.6 Å². The molecule has 1 atom stereocenters. The van der Waals surface area contributed by atoms with Crippen LogP contribution < -0.4 is 15.4 Å². The molecule has 0 radical (unpaired) electrons. The van der Waals surface area contributed by atoms with Crippen LogP contribution in [0, 0.1) is 0 Å². The van der Waals surface area contributed by atoms with Crippen LogP contribution in [-0.2, 0) is 19.5 Å². The number of hydrogen-bond acceptors (Lipinski definition) is 5. The number of nitrogens with one attached hydrogen (secondary N) is 2. The highest BCUT2D eigenvalue weighted by Gasteiger charge is 2.20. The first-order chi connectivity index (χ1) is 12.8. The lowest BCUT2D eigenvalue weighted by Crippen LogP contribution is -2.47. The van der Waals surface area contributed by atoms with Crippen LogP contribution in [0.1, 0.15) is 38.1 Å². The molecule has 140 valence electrons. The maximum absolute atomic E-state index is 5.51. The Kier molecular flexibility index (Phi) is 6.40. The number of pyridine rings is 1. The van der Waals surface area contributed by atoms with Crippen molar-refractivity contribution >= 4 is 5.96 Å². The largest absolute Gasteiger partial charge is 0.478 e. The van der Waals surface area contributed by atoms with E-state index in [1.165, 1.54) is 0 Å². The van der Waals surface area contributed by atoms with Gasteiger partial charge in [0.05, 0.1) is 19.7 Å². The molecule has 0 saturated heterocycles. The minimum Gasteiger partial charge on any atom is -0.478 e. The summed E-state index contributed by atoms with van der Waals surface area (Å²) in [6, 6.07) is 4.20. The Bertz CT molecular complexity index is 711. The van der Waals surface area contributed by atoms with E-state index < -0.39 is 0 Å². The predicted octanol–water partition coefficient (Wildman–Crippen LogP) is 1.53. The van der Waals surface area contributed by atoms with Gasteiger partial charge in [0.15, 0.2) is 5.96 Å². The second kappa shape index (κ2) is 9.17. The number of aromatic nitrogens is 4. The van der Waals surface area contributed by atoms with Crippen LogP contribution in [0.5, 0.6) is 5.88 Å². The standard InChI is InChI=1S/C18H27N7O/c1-3-9-26-17-8-5-14(10-20-17)11-21-18(19-4-2)24-15-6-7-16-22-13-23-25(16)12-15/h5,8,10,13,15H,3-4,6-7,9,11-12H2,1-2H3,(H2,19,21,24). The Hall–Kier alpha value is -2.64. The van der Waals surface area contributed by atoms with Crippen molar-refractivity contribution in [3.05, 3.63) is 36.0 Å². The minimum atomic E-state index is 0.296. The molecule has 8 nitrogen and oxygen atoms in total. The zero-order chi connectivity index (χ0) is 18.2. The van der Waals surface area contributed by atoms with Crippen LogP contribution in [0.3, 0.4) is 0 Å². The number of aliphatic imine (C=N–C) groups is 1. The summed E-state index contributed by atoms with van der Waals surface area (Å²) in [4.78, 5) is 13.3. The third-order valence-electron chi connectivity index (χ3n) is 4.16. The normalized spacial score (nSPS) is 16.8. The molecule has 0 aromatic carbocycles. The van der Waals surface area contributed by atoms with E-state index in [1.54, 1.807) is 6.33 Å². The van der Waals surface area contributed by atoms with Gasteiger partial charge in [-0.15, -0.1) is 0 Å². The van der Waals surface area contributed by atoms with Gasteiger partial charge in [-0.2, -0.15) is 5.10 Å². The van der Waals surface area contributed by atoms with Gasteiger partial charge in [-0.1, -0.05) is 13.0 Å². The van der Waals surface area contributed by atoms with E-state index in [0.717, 1.165) is 49.7 Å². The molecular weight excluding hydrogens is 330 g/mol. The summed E-state index contributed by atoms with van der Waals surface area (Å²) in [7, 11) is 0. The fraction of sp³-hybridized carbons (Fsp3) is 0.556. The third kappa shape index (κ3) is 4.93. The van der Waals surface area contributed by atoms with Crippen LogP contribution in [0.2, 0.25) is 0 Å². The molecule has 26 heavy (non-hydrogen) atoms. The van der Waals surface area contributed by atoms with Crippen molar-refractivity contribution in [2.45, 2.75) is 52.2 Å². The monoisotopic (exact) mass is 357 g/mol. The van der Waals surface area contributed by atoms with Crippen LogP contribution in [0.15, 0.2) is 29.6 Å². The lowest BCUT2D eigenvalue weighted by atomic mass is 10.1. The summed E-state index contributed by atoms with van der Waals surface area (Å²) in [5.41, 5.74) is 1.05. The molecule has 2 aromatic heterocycles. The molecule has 2 aromatic rings. The third-order valence-corrected chi connectivity index (χ3v) is 4.16. The summed E-state index contributed by atoms with van der Waals surface area (Å²) >= 11 is 0. The van der Waals surface area contributed by atoms with Crippen LogP contribution >= 0.6 is 0 Å². The van der Waals surface area contributed by atoms with Gasteiger partial charge in [-0.3, -0.25) is 0 Å². The molecule has 8 heteroatoms. The molecular formula is C18H27N7O. The molecule has 1 unspecified atom stereocenters. The molecule has 0 bridgehead atoms. The van der Waals surface area contributed by atoms with Crippen molar-refractivity contribution in [3.63, 3.8) is 0 Å². The number of aryl methyl sites for hydroxylation is 1. The van der Waals surface area contributed by atoms with Crippen molar-refractivity contribution in [3.8, 4) is 5.88 Å². The molecule has 0 fully saturated rings. The number of fused-ring (bicyclic) bond motifs is 1. The first-order valence-electron chi connectivity index (χ1n) is 9.27. The first kappa shape index (κ1) is 18.2. The highest BCUT2D eigenvalue weighted by atomic mass is 16.5. The van der Waals surface area contributed by atoms with Gasteiger partial charge < -0.3 is 15.4 Å². The number of guanidine groups is 1. The van der Waals surface area contributed by atoms with E-state index >= 15 is 0 Å². The number of nitrogens with zero attached hydrogens (tertiary/aromatic N) is 5. The number of rotatable bonds is 7. The van der Waals surface area contributed by atoms with Gasteiger partial charge in [0.25, 0.3) is 0 Å². The summed E-state index contributed by atoms with van der Waals surface area (Å²) in [5.74, 6) is 2.53. The molecule has 3 heterocycles. The summed E-state index contributed by atoms with van der Waals surface area (Å²) in [5, 5.41) is 11.1. The molecule has 0 saturated carbocycles. The van der Waals surface area contributed by atoms with Crippen molar-refractivity contribution < 1.29 is 4.74 Å². The first-order valence-corrected chi connectivity index (χ1v) is 9.27. The zero-order valence-electron chi connectivity index (χ0n) is 15.5. The Balaban J connectivity index is 1.57. The van der Waals surface area contributed by atoms with Crippen molar-refractivity contribution in [2.24, 2.45) is 4.99 Å². The van der Waals surface area contributed by atoms with Gasteiger partial charge >= 0.3 is 0 Å². The zero-order valence-corrected chi connectivity index (χ0v) is 15.5. The lowest BCUT2D eigenvalue weighted by Gasteiger charge is -2.25. The predicted molar refractivity (Wildman–Crippen MR) is 100 cm³/mol. The Labute approximate surface area is 154 Å². The molecule has 1 aliphatic heterocycles. The second-order valence-electron chi connectivity index (χ2n) is 6.29. The maximum Gasteiger partial charge on any atom is 0.213 e. The van der Waals surface area contributed by atoms with E-state index in [0.29, 0.717) is 25.1 Å². The Morgan fingerprint density at radius 2 is 2.27 bits per heavy atom. The quantitative estimate of drug-likeness (QED) is 0.577. The van der Waals surface area contributed by atoms with Gasteiger partial charge in [0.2, 0.25) is 5.88 Å². The minimum absolute atomic E-state index is 0.296. The summed E-state index contributed by atoms with van der Waals surface area (Å²) < 4.78 is 7.47.